The molecule has 2 heterocycles. The van der Waals surface area contributed by atoms with Crippen molar-refractivity contribution < 1.29 is 9.59 Å². The van der Waals surface area contributed by atoms with Gasteiger partial charge in [0.05, 0.1) is 5.92 Å². The minimum absolute atomic E-state index is 0.0914. The third-order valence-corrected chi connectivity index (χ3v) is 2.89. The third-order valence-electron chi connectivity index (χ3n) is 2.89. The Morgan fingerprint density at radius 3 is 2.71 bits per heavy atom. The van der Waals surface area contributed by atoms with E-state index in [0.717, 1.165) is 11.3 Å². The summed E-state index contributed by atoms with van der Waals surface area (Å²) in [6.45, 7) is 4.16. The lowest BCUT2D eigenvalue weighted by atomic mass is 10.1. The van der Waals surface area contributed by atoms with Gasteiger partial charge in [-0.25, -0.2) is 4.98 Å². The fraction of sp³-hybridized carbons (Fsp3) is 0.417. The van der Waals surface area contributed by atoms with Crippen LogP contribution < -0.4 is 10.6 Å². The molecule has 0 radical (unpaired) electrons. The van der Waals surface area contributed by atoms with Crippen molar-refractivity contribution in [1.82, 2.24) is 4.98 Å². The summed E-state index contributed by atoms with van der Waals surface area (Å²) in [4.78, 5) is 28.7. The first-order valence-corrected chi connectivity index (χ1v) is 5.52. The lowest BCUT2D eigenvalue weighted by Gasteiger charge is -2.16. The molecule has 0 spiro atoms. The minimum Gasteiger partial charge on any atom is -0.369 e. The molecule has 1 unspecified atom stereocenters. The van der Waals surface area contributed by atoms with Crippen molar-refractivity contribution in [1.29, 1.82) is 0 Å². The van der Waals surface area contributed by atoms with Crippen LogP contribution in [0, 0.1) is 19.8 Å². The number of hydrogen-bond acceptors (Lipinski definition) is 3. The smallest absolute Gasteiger partial charge is 0.229 e. The molecule has 0 aliphatic carbocycles. The van der Waals surface area contributed by atoms with Gasteiger partial charge in [-0.2, -0.15) is 0 Å². The summed E-state index contributed by atoms with van der Waals surface area (Å²) in [5.74, 6) is -0.308. The number of nitrogens with two attached hydrogens (primary N) is 1. The maximum absolute atomic E-state index is 11.8. The molecular formula is C12H15N3O2. The van der Waals surface area contributed by atoms with Crippen molar-refractivity contribution in [3.05, 3.63) is 23.4 Å². The zero-order valence-electron chi connectivity index (χ0n) is 9.93. The van der Waals surface area contributed by atoms with Crippen LogP contribution in [0.4, 0.5) is 5.82 Å². The molecule has 1 fully saturated rings. The Morgan fingerprint density at radius 1 is 1.47 bits per heavy atom. The average Bonchev–Trinajstić information content (AvgIpc) is 2.59. The molecule has 2 amide bonds. The number of amides is 2. The number of carbonyl (C=O) groups is 2. The standard InChI is InChI=1S/C12H15N3O2/c1-7-3-8(2)14-10(4-7)15-6-9(12(13)17)5-11(15)16/h3-4,9H,5-6H2,1-2H3,(H2,13,17). The molecule has 1 saturated heterocycles. The fourth-order valence-corrected chi connectivity index (χ4v) is 2.08. The van der Waals surface area contributed by atoms with Gasteiger partial charge in [0.1, 0.15) is 5.82 Å². The lowest BCUT2D eigenvalue weighted by Crippen LogP contribution is -2.29. The summed E-state index contributed by atoms with van der Waals surface area (Å²) in [6, 6.07) is 3.78. The highest BCUT2D eigenvalue weighted by molar-refractivity contribution is 5.99. The van der Waals surface area contributed by atoms with Crippen LogP contribution in [-0.4, -0.2) is 23.3 Å². The highest BCUT2D eigenvalue weighted by Crippen LogP contribution is 2.24. The molecule has 0 bridgehead atoms. The van der Waals surface area contributed by atoms with Crippen molar-refractivity contribution >= 4 is 17.6 Å². The van der Waals surface area contributed by atoms with Crippen LogP contribution in [0.5, 0.6) is 0 Å². The molecule has 5 heteroatoms. The second-order valence-electron chi connectivity index (χ2n) is 4.45. The topological polar surface area (TPSA) is 76.3 Å². The highest BCUT2D eigenvalue weighted by atomic mass is 16.2. The quantitative estimate of drug-likeness (QED) is 0.809. The van der Waals surface area contributed by atoms with Gasteiger partial charge >= 0.3 is 0 Å². The average molecular weight is 233 g/mol. The normalized spacial score (nSPS) is 19.8. The SMILES string of the molecule is Cc1cc(C)nc(N2CC(C(N)=O)CC2=O)c1. The van der Waals surface area contributed by atoms with Gasteiger partial charge in [-0.05, 0) is 31.5 Å². The van der Waals surface area contributed by atoms with Crippen LogP contribution in [0.15, 0.2) is 12.1 Å². The third kappa shape index (κ3) is 2.27. The highest BCUT2D eigenvalue weighted by Gasteiger charge is 2.34. The molecule has 90 valence electrons. The van der Waals surface area contributed by atoms with Gasteiger partial charge in [0.2, 0.25) is 11.8 Å². The molecule has 1 aromatic rings. The summed E-state index contributed by atoms with van der Waals surface area (Å²) in [7, 11) is 0. The van der Waals surface area contributed by atoms with Crippen LogP contribution >= 0.6 is 0 Å². The van der Waals surface area contributed by atoms with Gasteiger partial charge < -0.3 is 5.73 Å². The predicted molar refractivity (Wildman–Crippen MR) is 63.4 cm³/mol. The number of primary amides is 1. The summed E-state index contributed by atoms with van der Waals surface area (Å²) >= 11 is 0. The second kappa shape index (κ2) is 4.16. The van der Waals surface area contributed by atoms with Crippen LogP contribution in [-0.2, 0) is 9.59 Å². The Labute approximate surface area is 99.6 Å². The number of anilines is 1. The number of aryl methyl sites for hydroxylation is 2. The van der Waals surface area contributed by atoms with Gasteiger partial charge in [0.25, 0.3) is 0 Å². The number of nitrogens with zero attached hydrogens (tertiary/aromatic N) is 2. The predicted octanol–water partition coefficient (Wildman–Crippen LogP) is 0.537. The second-order valence-corrected chi connectivity index (χ2v) is 4.45. The maximum atomic E-state index is 11.8. The van der Waals surface area contributed by atoms with Crippen LogP contribution in [0.25, 0.3) is 0 Å². The van der Waals surface area contributed by atoms with Gasteiger partial charge in [-0.1, -0.05) is 0 Å². The van der Waals surface area contributed by atoms with Crippen molar-refractivity contribution in [2.75, 3.05) is 11.4 Å². The first-order chi connectivity index (χ1) is 7.97. The summed E-state index contributed by atoms with van der Waals surface area (Å²) in [5, 5.41) is 0. The van der Waals surface area contributed by atoms with Crippen LogP contribution in [0.2, 0.25) is 0 Å². The van der Waals surface area contributed by atoms with E-state index >= 15 is 0 Å². The summed E-state index contributed by atoms with van der Waals surface area (Å²) < 4.78 is 0. The monoisotopic (exact) mass is 233 g/mol. The zero-order chi connectivity index (χ0) is 12.6. The molecule has 1 atom stereocenters. The van der Waals surface area contributed by atoms with Gasteiger partial charge in [0.15, 0.2) is 0 Å². The zero-order valence-corrected chi connectivity index (χ0v) is 9.93. The van der Waals surface area contributed by atoms with E-state index in [1.54, 1.807) is 0 Å². The first kappa shape index (κ1) is 11.6. The summed E-state index contributed by atoms with van der Waals surface area (Å²) in [6.07, 6.45) is 0.185. The molecule has 17 heavy (non-hydrogen) atoms. The Hall–Kier alpha value is -1.91. The van der Waals surface area contributed by atoms with Gasteiger partial charge in [-0.15, -0.1) is 0 Å². The molecule has 1 aromatic heterocycles. The largest absolute Gasteiger partial charge is 0.369 e. The van der Waals surface area contributed by atoms with Crippen LogP contribution in [0.1, 0.15) is 17.7 Å². The van der Waals surface area contributed by atoms with Crippen molar-refractivity contribution in [2.45, 2.75) is 20.3 Å². The van der Waals surface area contributed by atoms with Gasteiger partial charge in [-0.3, -0.25) is 14.5 Å². The van der Waals surface area contributed by atoms with Crippen molar-refractivity contribution in [3.63, 3.8) is 0 Å². The number of pyridine rings is 1. The van der Waals surface area contributed by atoms with Crippen LogP contribution in [0.3, 0.4) is 0 Å². The number of carbonyl (C=O) groups excluding carboxylic acids is 2. The Kier molecular flexibility index (Phi) is 2.83. The fourth-order valence-electron chi connectivity index (χ4n) is 2.08. The molecular weight excluding hydrogens is 218 g/mol. The number of aromatic nitrogens is 1. The van der Waals surface area contributed by atoms with Crippen molar-refractivity contribution in [3.8, 4) is 0 Å². The van der Waals surface area contributed by atoms with Crippen molar-refractivity contribution in [2.24, 2.45) is 11.7 Å². The Bertz CT molecular complexity index is 464. The first-order valence-electron chi connectivity index (χ1n) is 5.52. The van der Waals surface area contributed by atoms with E-state index in [9.17, 15) is 9.59 Å². The van der Waals surface area contributed by atoms with E-state index in [0.29, 0.717) is 12.4 Å². The lowest BCUT2D eigenvalue weighted by molar-refractivity contribution is -0.123. The molecule has 5 nitrogen and oxygen atoms in total. The Balaban J connectivity index is 2.28. The molecule has 0 saturated carbocycles. The van der Waals surface area contributed by atoms with E-state index < -0.39 is 11.8 Å². The Morgan fingerprint density at radius 2 is 2.18 bits per heavy atom. The molecule has 2 rings (SSSR count). The molecule has 0 aromatic carbocycles. The van der Waals surface area contributed by atoms with E-state index in [2.05, 4.69) is 4.98 Å². The van der Waals surface area contributed by atoms with Gasteiger partial charge in [0, 0.05) is 18.7 Å². The van der Waals surface area contributed by atoms with E-state index in [4.69, 9.17) is 5.73 Å². The van der Waals surface area contributed by atoms with E-state index in [1.807, 2.05) is 26.0 Å². The van der Waals surface area contributed by atoms with E-state index in [1.165, 1.54) is 4.90 Å². The molecule has 1 aliphatic rings. The molecule has 1 aliphatic heterocycles. The minimum atomic E-state index is -0.426. The van der Waals surface area contributed by atoms with E-state index in [-0.39, 0.29) is 12.3 Å². The summed E-state index contributed by atoms with van der Waals surface area (Å²) in [5.41, 5.74) is 7.12. The number of hydrogen-bond donors (Lipinski definition) is 1. The maximum Gasteiger partial charge on any atom is 0.229 e. The molecule has 2 N–H and O–H groups in total. The number of rotatable bonds is 2.